The standard InChI is InChI=1S/C6H9N5O/c1-8-6(12)4-2-3-5(9-7)11-10-4/h2-3H,7H2,1H3,(H,8,12)(H,9,11). The summed E-state index contributed by atoms with van der Waals surface area (Å²) in [5.41, 5.74) is 2.57. The van der Waals surface area contributed by atoms with Crippen LogP contribution in [0.1, 0.15) is 10.5 Å². The number of nitrogens with zero attached hydrogens (tertiary/aromatic N) is 2. The van der Waals surface area contributed by atoms with Gasteiger partial charge in [-0.25, -0.2) is 5.84 Å². The van der Waals surface area contributed by atoms with Crippen molar-refractivity contribution in [3.8, 4) is 0 Å². The molecule has 0 spiro atoms. The molecule has 0 radical (unpaired) electrons. The molecule has 0 unspecified atom stereocenters. The zero-order valence-electron chi connectivity index (χ0n) is 6.53. The highest BCUT2D eigenvalue weighted by molar-refractivity contribution is 5.91. The molecule has 0 saturated heterocycles. The fraction of sp³-hybridized carbons (Fsp3) is 0.167. The van der Waals surface area contributed by atoms with E-state index in [-0.39, 0.29) is 11.6 Å². The van der Waals surface area contributed by atoms with Crippen LogP contribution in [-0.2, 0) is 0 Å². The van der Waals surface area contributed by atoms with Crippen molar-refractivity contribution in [1.29, 1.82) is 0 Å². The molecule has 0 atom stereocenters. The summed E-state index contributed by atoms with van der Waals surface area (Å²) in [6, 6.07) is 3.10. The number of amides is 1. The van der Waals surface area contributed by atoms with E-state index in [0.29, 0.717) is 5.82 Å². The predicted octanol–water partition coefficient (Wildman–Crippen LogP) is -0.878. The molecule has 64 valence electrons. The maximum Gasteiger partial charge on any atom is 0.271 e. The van der Waals surface area contributed by atoms with Crippen LogP contribution in [0.25, 0.3) is 0 Å². The summed E-state index contributed by atoms with van der Waals surface area (Å²) in [7, 11) is 1.53. The topological polar surface area (TPSA) is 92.9 Å². The second-order valence-corrected chi connectivity index (χ2v) is 2.03. The number of carbonyl (C=O) groups excluding carboxylic acids is 1. The number of carbonyl (C=O) groups is 1. The fourth-order valence-electron chi connectivity index (χ4n) is 0.658. The lowest BCUT2D eigenvalue weighted by atomic mass is 10.3. The van der Waals surface area contributed by atoms with Crippen molar-refractivity contribution in [2.24, 2.45) is 5.84 Å². The molecule has 12 heavy (non-hydrogen) atoms. The van der Waals surface area contributed by atoms with Crippen LogP contribution in [0.3, 0.4) is 0 Å². The Morgan fingerprint density at radius 2 is 2.25 bits per heavy atom. The van der Waals surface area contributed by atoms with Crippen molar-refractivity contribution in [1.82, 2.24) is 15.5 Å². The highest BCUT2D eigenvalue weighted by atomic mass is 16.1. The molecule has 1 amide bonds. The molecule has 1 aromatic heterocycles. The molecule has 1 heterocycles. The van der Waals surface area contributed by atoms with Crippen molar-refractivity contribution < 1.29 is 4.79 Å². The van der Waals surface area contributed by atoms with Gasteiger partial charge in [-0.15, -0.1) is 10.2 Å². The number of anilines is 1. The van der Waals surface area contributed by atoms with Crippen LogP contribution < -0.4 is 16.6 Å². The summed E-state index contributed by atoms with van der Waals surface area (Å²) < 4.78 is 0. The highest BCUT2D eigenvalue weighted by Crippen LogP contribution is 1.98. The summed E-state index contributed by atoms with van der Waals surface area (Å²) in [6.07, 6.45) is 0. The molecule has 1 aromatic rings. The lowest BCUT2D eigenvalue weighted by Crippen LogP contribution is -2.20. The van der Waals surface area contributed by atoms with Gasteiger partial charge in [0.15, 0.2) is 11.5 Å². The Balaban J connectivity index is 2.84. The zero-order chi connectivity index (χ0) is 8.97. The normalized spacial score (nSPS) is 9.17. The van der Waals surface area contributed by atoms with Crippen LogP contribution in [0.2, 0.25) is 0 Å². The molecular formula is C6H9N5O. The van der Waals surface area contributed by atoms with Crippen LogP contribution >= 0.6 is 0 Å². The number of hydrazine groups is 1. The average molecular weight is 167 g/mol. The van der Waals surface area contributed by atoms with E-state index in [0.717, 1.165) is 0 Å². The fourth-order valence-corrected chi connectivity index (χ4v) is 0.658. The Kier molecular flexibility index (Phi) is 2.54. The van der Waals surface area contributed by atoms with E-state index in [4.69, 9.17) is 5.84 Å². The minimum Gasteiger partial charge on any atom is -0.354 e. The van der Waals surface area contributed by atoms with Gasteiger partial charge in [-0.05, 0) is 12.1 Å². The van der Waals surface area contributed by atoms with Gasteiger partial charge in [0.05, 0.1) is 0 Å². The molecule has 0 bridgehead atoms. The monoisotopic (exact) mass is 167 g/mol. The molecule has 6 nitrogen and oxygen atoms in total. The van der Waals surface area contributed by atoms with Crippen LogP contribution in [0.15, 0.2) is 12.1 Å². The lowest BCUT2D eigenvalue weighted by Gasteiger charge is -1.98. The van der Waals surface area contributed by atoms with Crippen LogP contribution in [0.5, 0.6) is 0 Å². The second kappa shape index (κ2) is 3.63. The van der Waals surface area contributed by atoms with Crippen molar-refractivity contribution in [2.45, 2.75) is 0 Å². The zero-order valence-corrected chi connectivity index (χ0v) is 6.53. The third kappa shape index (κ3) is 1.67. The van der Waals surface area contributed by atoms with E-state index in [1.165, 1.54) is 13.1 Å². The maximum absolute atomic E-state index is 10.9. The summed E-state index contributed by atoms with van der Waals surface area (Å²) in [5.74, 6) is 5.20. The molecule has 0 aliphatic rings. The van der Waals surface area contributed by atoms with Crippen molar-refractivity contribution in [2.75, 3.05) is 12.5 Å². The molecule has 4 N–H and O–H groups in total. The number of aromatic nitrogens is 2. The van der Waals surface area contributed by atoms with Crippen molar-refractivity contribution in [3.05, 3.63) is 17.8 Å². The van der Waals surface area contributed by atoms with Gasteiger partial charge in [0.1, 0.15) is 0 Å². The average Bonchev–Trinajstić information content (AvgIpc) is 2.17. The summed E-state index contributed by atoms with van der Waals surface area (Å²) in [6.45, 7) is 0. The molecule has 6 heteroatoms. The van der Waals surface area contributed by atoms with Gasteiger partial charge >= 0.3 is 0 Å². The van der Waals surface area contributed by atoms with Gasteiger partial charge in [-0.3, -0.25) is 4.79 Å². The van der Waals surface area contributed by atoms with Crippen molar-refractivity contribution >= 4 is 11.7 Å². The van der Waals surface area contributed by atoms with Crippen LogP contribution in [0.4, 0.5) is 5.82 Å². The number of hydrogen-bond acceptors (Lipinski definition) is 5. The first-order chi connectivity index (χ1) is 5.77. The molecule has 0 fully saturated rings. The van der Waals surface area contributed by atoms with E-state index in [1.807, 2.05) is 0 Å². The number of hydrogen-bond donors (Lipinski definition) is 3. The molecule has 0 aliphatic carbocycles. The van der Waals surface area contributed by atoms with Gasteiger partial charge in [-0.2, -0.15) is 0 Å². The number of nitrogen functional groups attached to an aromatic ring is 1. The maximum atomic E-state index is 10.9. The highest BCUT2D eigenvalue weighted by Gasteiger charge is 2.03. The van der Waals surface area contributed by atoms with Crippen LogP contribution in [-0.4, -0.2) is 23.2 Å². The second-order valence-electron chi connectivity index (χ2n) is 2.03. The number of nitrogens with one attached hydrogen (secondary N) is 2. The molecule has 0 saturated carbocycles. The first kappa shape index (κ1) is 8.41. The predicted molar refractivity (Wildman–Crippen MR) is 43.2 cm³/mol. The Morgan fingerprint density at radius 3 is 2.67 bits per heavy atom. The molecule has 0 aromatic carbocycles. The van der Waals surface area contributed by atoms with Gasteiger partial charge in [0.25, 0.3) is 5.91 Å². The van der Waals surface area contributed by atoms with Gasteiger partial charge in [0, 0.05) is 7.05 Å². The van der Waals surface area contributed by atoms with Crippen molar-refractivity contribution in [3.63, 3.8) is 0 Å². The van der Waals surface area contributed by atoms with E-state index in [1.54, 1.807) is 6.07 Å². The SMILES string of the molecule is CNC(=O)c1ccc(NN)nn1. The number of nitrogens with two attached hydrogens (primary N) is 1. The molecule has 1 rings (SSSR count). The quantitative estimate of drug-likeness (QED) is 0.393. The summed E-state index contributed by atoms with van der Waals surface area (Å²) >= 11 is 0. The summed E-state index contributed by atoms with van der Waals surface area (Å²) in [4.78, 5) is 10.9. The van der Waals surface area contributed by atoms with Gasteiger partial charge < -0.3 is 10.7 Å². The van der Waals surface area contributed by atoms with E-state index >= 15 is 0 Å². The Morgan fingerprint density at radius 1 is 1.50 bits per heavy atom. The minimum atomic E-state index is -0.272. The Hall–Kier alpha value is -1.69. The minimum absolute atomic E-state index is 0.261. The van der Waals surface area contributed by atoms with Crippen LogP contribution in [0, 0.1) is 0 Å². The van der Waals surface area contributed by atoms with Gasteiger partial charge in [0.2, 0.25) is 0 Å². The van der Waals surface area contributed by atoms with Gasteiger partial charge in [-0.1, -0.05) is 0 Å². The third-order valence-electron chi connectivity index (χ3n) is 1.27. The first-order valence-electron chi connectivity index (χ1n) is 3.30. The summed E-state index contributed by atoms with van der Waals surface area (Å²) in [5, 5.41) is 9.66. The first-order valence-corrected chi connectivity index (χ1v) is 3.30. The Labute approximate surface area is 69.1 Å². The smallest absolute Gasteiger partial charge is 0.271 e. The third-order valence-corrected chi connectivity index (χ3v) is 1.27. The lowest BCUT2D eigenvalue weighted by molar-refractivity contribution is 0.0957. The largest absolute Gasteiger partial charge is 0.354 e. The Bertz CT molecular complexity index is 270. The molecule has 0 aliphatic heterocycles. The molecular weight excluding hydrogens is 158 g/mol. The van der Waals surface area contributed by atoms with E-state index in [9.17, 15) is 4.79 Å². The van der Waals surface area contributed by atoms with E-state index < -0.39 is 0 Å². The van der Waals surface area contributed by atoms with E-state index in [2.05, 4.69) is 20.9 Å². The number of rotatable bonds is 2.